The summed E-state index contributed by atoms with van der Waals surface area (Å²) < 4.78 is 6.96. The van der Waals surface area contributed by atoms with Crippen LogP contribution in [0.5, 0.6) is 0 Å². The van der Waals surface area contributed by atoms with Gasteiger partial charge >= 0.3 is 0 Å². The van der Waals surface area contributed by atoms with Crippen molar-refractivity contribution in [1.29, 1.82) is 0 Å². The van der Waals surface area contributed by atoms with Crippen LogP contribution in [0.3, 0.4) is 0 Å². The lowest BCUT2D eigenvalue weighted by atomic mass is 9.91. The van der Waals surface area contributed by atoms with E-state index >= 15 is 0 Å². The molecule has 0 fully saturated rings. The first-order chi connectivity index (χ1) is 23.8. The molecule has 1 aromatic heterocycles. The van der Waals surface area contributed by atoms with E-state index in [1.807, 2.05) is 6.07 Å². The quantitative estimate of drug-likeness (QED) is 0.202. The molecule has 2 heteroatoms. The van der Waals surface area contributed by atoms with Crippen LogP contribution in [-0.2, 0) is 0 Å². The third-order valence-electron chi connectivity index (χ3n) is 9.27. The number of anilines is 2. The Morgan fingerprint density at radius 3 is 1.42 bits per heavy atom. The largest absolute Gasteiger partial charge is 0.455 e. The monoisotopic (exact) mass is 613 g/mol. The van der Waals surface area contributed by atoms with Gasteiger partial charge in [0.25, 0.3) is 0 Å². The van der Waals surface area contributed by atoms with Gasteiger partial charge in [-0.15, -0.1) is 0 Å². The van der Waals surface area contributed by atoms with Crippen molar-refractivity contribution in [2.24, 2.45) is 0 Å². The van der Waals surface area contributed by atoms with E-state index in [2.05, 4.69) is 181 Å². The van der Waals surface area contributed by atoms with E-state index in [0.29, 0.717) is 0 Å². The van der Waals surface area contributed by atoms with Crippen molar-refractivity contribution in [2.75, 3.05) is 5.32 Å². The minimum Gasteiger partial charge on any atom is -0.455 e. The third-order valence-corrected chi connectivity index (χ3v) is 9.27. The molecule has 1 N–H and O–H groups in total. The molecular weight excluding hydrogens is 583 g/mol. The van der Waals surface area contributed by atoms with Crippen LogP contribution in [0.1, 0.15) is 0 Å². The first-order valence-electron chi connectivity index (χ1n) is 16.3. The first-order valence-corrected chi connectivity index (χ1v) is 16.3. The number of hydrogen-bond acceptors (Lipinski definition) is 2. The van der Waals surface area contributed by atoms with Crippen LogP contribution in [0.25, 0.3) is 77.2 Å². The summed E-state index contributed by atoms with van der Waals surface area (Å²) in [6, 6.07) is 64.3. The van der Waals surface area contributed by atoms with E-state index < -0.39 is 0 Å². The van der Waals surface area contributed by atoms with Gasteiger partial charge in [0.15, 0.2) is 0 Å². The number of fused-ring (bicyclic) bond motifs is 5. The molecule has 2 nitrogen and oxygen atoms in total. The molecule has 0 unspecified atom stereocenters. The summed E-state index contributed by atoms with van der Waals surface area (Å²) in [5.74, 6) is 0. The van der Waals surface area contributed by atoms with Gasteiger partial charge in [0.1, 0.15) is 11.2 Å². The molecule has 48 heavy (non-hydrogen) atoms. The molecule has 0 saturated heterocycles. The molecule has 1 heterocycles. The maximum absolute atomic E-state index is 6.96. The molecule has 8 aromatic carbocycles. The fourth-order valence-electron chi connectivity index (χ4n) is 6.93. The van der Waals surface area contributed by atoms with Crippen molar-refractivity contribution in [3.63, 3.8) is 0 Å². The Bertz CT molecular complexity index is 2530. The Labute approximate surface area is 279 Å². The normalized spacial score (nSPS) is 11.3. The van der Waals surface area contributed by atoms with Crippen LogP contribution in [0.15, 0.2) is 186 Å². The van der Waals surface area contributed by atoms with Gasteiger partial charge < -0.3 is 9.73 Å². The number of nitrogens with one attached hydrogen (secondary N) is 1. The minimum atomic E-state index is 0.902. The molecule has 9 aromatic rings. The molecule has 0 aliphatic heterocycles. The van der Waals surface area contributed by atoms with Crippen molar-refractivity contribution in [2.45, 2.75) is 0 Å². The zero-order valence-electron chi connectivity index (χ0n) is 26.2. The second-order valence-electron chi connectivity index (χ2n) is 12.2. The van der Waals surface area contributed by atoms with Gasteiger partial charge in [0, 0.05) is 33.1 Å². The van der Waals surface area contributed by atoms with Gasteiger partial charge in [-0.2, -0.15) is 0 Å². The average molecular weight is 614 g/mol. The van der Waals surface area contributed by atoms with Crippen molar-refractivity contribution < 1.29 is 4.42 Å². The highest BCUT2D eigenvalue weighted by atomic mass is 16.3. The van der Waals surface area contributed by atoms with Crippen molar-refractivity contribution in [3.8, 4) is 44.5 Å². The van der Waals surface area contributed by atoms with E-state index in [9.17, 15) is 0 Å². The van der Waals surface area contributed by atoms with E-state index in [-0.39, 0.29) is 0 Å². The Kier molecular flexibility index (Phi) is 6.84. The van der Waals surface area contributed by atoms with Crippen LogP contribution >= 0.6 is 0 Å². The smallest absolute Gasteiger partial charge is 0.143 e. The Hall–Kier alpha value is -6.38. The van der Waals surface area contributed by atoms with E-state index in [1.165, 1.54) is 27.6 Å². The summed E-state index contributed by atoms with van der Waals surface area (Å²) in [5, 5.41) is 8.13. The van der Waals surface area contributed by atoms with Gasteiger partial charge in [0.2, 0.25) is 0 Å². The van der Waals surface area contributed by atoms with Gasteiger partial charge in [-0.05, 0) is 80.7 Å². The van der Waals surface area contributed by atoms with Crippen LogP contribution < -0.4 is 5.32 Å². The van der Waals surface area contributed by atoms with E-state index in [1.54, 1.807) is 0 Å². The maximum atomic E-state index is 6.96. The fourth-order valence-corrected chi connectivity index (χ4v) is 6.93. The van der Waals surface area contributed by atoms with Gasteiger partial charge in [0.05, 0.1) is 0 Å². The highest BCUT2D eigenvalue weighted by Crippen LogP contribution is 2.45. The molecule has 0 saturated carbocycles. The van der Waals surface area contributed by atoms with Gasteiger partial charge in [-0.1, -0.05) is 146 Å². The first kappa shape index (κ1) is 27.9. The van der Waals surface area contributed by atoms with Crippen LogP contribution in [-0.4, -0.2) is 0 Å². The number of rotatable bonds is 6. The molecule has 0 aliphatic carbocycles. The zero-order valence-corrected chi connectivity index (χ0v) is 26.2. The molecule has 0 bridgehead atoms. The standard InChI is InChI=1S/C46H31NO/c1-4-12-31(13-5-1)32-20-24-36(25-21-32)47-37-26-22-35(23-27-37)44-38(33-14-6-2-7-15-33)28-29-41-43-30-42(34-16-8-3-9-17-34)39-18-10-11-19-40(39)45(43)48-46(41)44/h1-30,47H. The number of furan rings is 1. The molecule has 9 rings (SSSR count). The molecule has 0 spiro atoms. The topological polar surface area (TPSA) is 25.2 Å². The Balaban J connectivity index is 1.17. The number of benzene rings is 8. The Morgan fingerprint density at radius 2 is 0.792 bits per heavy atom. The van der Waals surface area contributed by atoms with E-state index in [4.69, 9.17) is 4.42 Å². The summed E-state index contributed by atoms with van der Waals surface area (Å²) >= 11 is 0. The SMILES string of the molecule is c1ccc(-c2ccc(Nc3ccc(-c4c(-c5ccccc5)ccc5c4oc4c6ccccc6c(-c6ccccc6)cc54)cc3)cc2)cc1. The molecule has 0 aliphatic rings. The lowest BCUT2D eigenvalue weighted by Gasteiger charge is -2.13. The van der Waals surface area contributed by atoms with E-state index in [0.717, 1.165) is 61.0 Å². The number of hydrogen-bond donors (Lipinski definition) is 1. The summed E-state index contributed by atoms with van der Waals surface area (Å²) in [6.07, 6.45) is 0. The average Bonchev–Trinajstić information content (AvgIpc) is 3.55. The fraction of sp³-hybridized carbons (Fsp3) is 0. The van der Waals surface area contributed by atoms with Crippen LogP contribution in [0, 0.1) is 0 Å². The summed E-state index contributed by atoms with van der Waals surface area (Å²) in [6.45, 7) is 0. The molecule has 0 atom stereocenters. The zero-order chi connectivity index (χ0) is 31.9. The van der Waals surface area contributed by atoms with Gasteiger partial charge in [-0.25, -0.2) is 0 Å². The predicted molar refractivity (Wildman–Crippen MR) is 203 cm³/mol. The highest BCUT2D eigenvalue weighted by Gasteiger charge is 2.20. The summed E-state index contributed by atoms with van der Waals surface area (Å²) in [5.41, 5.74) is 13.2. The molecule has 0 radical (unpaired) electrons. The molecular formula is C46H31NO. The highest BCUT2D eigenvalue weighted by molar-refractivity contribution is 6.21. The third kappa shape index (κ3) is 4.92. The van der Waals surface area contributed by atoms with Crippen molar-refractivity contribution >= 4 is 44.1 Å². The summed E-state index contributed by atoms with van der Waals surface area (Å²) in [4.78, 5) is 0. The molecule has 0 amide bonds. The predicted octanol–water partition coefficient (Wildman–Crippen LogP) is 13.2. The second-order valence-corrected chi connectivity index (χ2v) is 12.2. The van der Waals surface area contributed by atoms with Crippen molar-refractivity contribution in [3.05, 3.63) is 182 Å². The second kappa shape index (κ2) is 11.8. The summed E-state index contributed by atoms with van der Waals surface area (Å²) in [7, 11) is 0. The van der Waals surface area contributed by atoms with Crippen molar-refractivity contribution in [1.82, 2.24) is 0 Å². The van der Waals surface area contributed by atoms with Crippen LogP contribution in [0.4, 0.5) is 11.4 Å². The minimum absolute atomic E-state index is 0.902. The van der Waals surface area contributed by atoms with Gasteiger partial charge in [-0.3, -0.25) is 0 Å². The molecule has 226 valence electrons. The van der Waals surface area contributed by atoms with Crippen LogP contribution in [0.2, 0.25) is 0 Å². The maximum Gasteiger partial charge on any atom is 0.143 e. The lowest BCUT2D eigenvalue weighted by Crippen LogP contribution is -1.91. The Morgan fingerprint density at radius 1 is 0.312 bits per heavy atom. The lowest BCUT2D eigenvalue weighted by molar-refractivity contribution is 0.674.